The Balaban J connectivity index is 1.25. The summed E-state index contributed by atoms with van der Waals surface area (Å²) in [4.78, 5) is 0. The van der Waals surface area contributed by atoms with Crippen molar-refractivity contribution in [3.05, 3.63) is 209 Å². The van der Waals surface area contributed by atoms with E-state index in [-0.39, 0.29) is 11.5 Å². The Hall–Kier alpha value is -6.87. The van der Waals surface area contributed by atoms with E-state index in [1.807, 2.05) is 76.2 Å². The van der Waals surface area contributed by atoms with E-state index in [0.717, 1.165) is 22.3 Å². The number of rotatable bonds is 8. The van der Waals surface area contributed by atoms with Crippen LogP contribution in [0.1, 0.15) is 91.7 Å². The zero-order valence-corrected chi connectivity index (χ0v) is 44.2. The molecule has 1 aliphatic heterocycles. The second-order valence-corrected chi connectivity index (χ2v) is 21.3. The van der Waals surface area contributed by atoms with Gasteiger partial charge in [-0.3, -0.25) is 0 Å². The molecule has 8 aromatic carbocycles. The molecule has 0 N–H and O–H groups in total. The number of fused-ring (bicyclic) bond motifs is 2. The van der Waals surface area contributed by atoms with Crippen molar-refractivity contribution in [3.63, 3.8) is 0 Å². The van der Waals surface area contributed by atoms with Crippen molar-refractivity contribution in [3.8, 4) is 33.8 Å². The molecule has 0 bridgehead atoms. The Morgan fingerprint density at radius 2 is 0.554 bits per heavy atom. The van der Waals surface area contributed by atoms with Gasteiger partial charge in [0, 0.05) is 38.6 Å². The van der Waals surface area contributed by atoms with E-state index < -0.39 is 98.6 Å². The summed E-state index contributed by atoms with van der Waals surface area (Å²) < 4.78 is 146. The first-order chi connectivity index (χ1) is 34.8. The number of para-hydroxylation sites is 2. The largest absolute Gasteiger partial charge is 0.455 e. The molecule has 8 aromatic rings. The number of benzene rings is 8. The molecule has 0 aromatic heterocycles. The molecule has 0 saturated carbocycles. The SMILES string of the molecule is Cc1cc(C)c(B(c2c(C)cc(C)cc2C)c2c(F)c(F)c(-c3cccc4c3Oc3c(-c5c(F)c(F)c(B(c6c(C)cc(C)cc6C)c6c(C)cc(C)cc6C)c(F)c5F)cccc3C4(C)C)c(F)c2F)c(C)c1. The molecular weight excluding hydrogens is 946 g/mol. The van der Waals surface area contributed by atoms with E-state index in [1.54, 1.807) is 81.4 Å². The number of hydrogen-bond donors (Lipinski definition) is 0. The Kier molecular flexibility index (Phi) is 13.2. The van der Waals surface area contributed by atoms with Gasteiger partial charge in [0.15, 0.2) is 46.5 Å². The van der Waals surface area contributed by atoms with Gasteiger partial charge >= 0.3 is 0 Å². The van der Waals surface area contributed by atoms with Gasteiger partial charge in [0.05, 0.1) is 11.1 Å². The van der Waals surface area contributed by atoms with Gasteiger partial charge in [-0.25, -0.2) is 35.1 Å². The third-order valence-corrected chi connectivity index (χ3v) is 15.4. The van der Waals surface area contributed by atoms with Crippen LogP contribution in [-0.4, -0.2) is 13.4 Å². The third kappa shape index (κ3) is 8.16. The average Bonchev–Trinajstić information content (AvgIpc) is 3.29. The van der Waals surface area contributed by atoms with Crippen LogP contribution in [0.4, 0.5) is 35.1 Å². The van der Waals surface area contributed by atoms with Crippen LogP contribution in [0.25, 0.3) is 22.3 Å². The normalized spacial score (nSPS) is 12.7. The maximum atomic E-state index is 17.4. The lowest BCUT2D eigenvalue weighted by Crippen LogP contribution is -2.58. The van der Waals surface area contributed by atoms with Gasteiger partial charge in [-0.1, -0.05) is 187 Å². The summed E-state index contributed by atoms with van der Waals surface area (Å²) in [7, 11) is 0. The summed E-state index contributed by atoms with van der Waals surface area (Å²) in [5.41, 5.74) is 5.82. The fraction of sp³-hybridized carbons (Fsp3) is 0.238. The number of halogens is 8. The van der Waals surface area contributed by atoms with Gasteiger partial charge in [0.2, 0.25) is 0 Å². The van der Waals surface area contributed by atoms with Crippen molar-refractivity contribution in [2.75, 3.05) is 0 Å². The molecule has 0 saturated heterocycles. The van der Waals surface area contributed by atoms with E-state index in [2.05, 4.69) is 0 Å². The summed E-state index contributed by atoms with van der Waals surface area (Å²) in [6.45, 7) is 22.8. The van der Waals surface area contributed by atoms with Crippen molar-refractivity contribution in [1.82, 2.24) is 0 Å². The molecule has 0 atom stereocenters. The molecule has 1 aliphatic rings. The predicted octanol–water partition coefficient (Wildman–Crippen LogP) is 13.3. The summed E-state index contributed by atoms with van der Waals surface area (Å²) in [5, 5.41) is 0. The van der Waals surface area contributed by atoms with Crippen LogP contribution in [0.15, 0.2) is 84.9 Å². The maximum absolute atomic E-state index is 17.4. The first-order valence-corrected chi connectivity index (χ1v) is 24.8. The Bertz CT molecular complexity index is 3200. The van der Waals surface area contributed by atoms with Gasteiger partial charge in [-0.2, -0.15) is 0 Å². The molecule has 0 unspecified atom stereocenters. The fourth-order valence-corrected chi connectivity index (χ4v) is 12.6. The Morgan fingerprint density at radius 1 is 0.324 bits per heavy atom. The molecule has 376 valence electrons. The lowest BCUT2D eigenvalue weighted by atomic mass is 9.34. The van der Waals surface area contributed by atoms with Crippen LogP contribution in [0, 0.1) is 130 Å². The van der Waals surface area contributed by atoms with Crippen molar-refractivity contribution >= 4 is 46.2 Å². The molecule has 9 rings (SSSR count). The minimum Gasteiger partial charge on any atom is -0.455 e. The van der Waals surface area contributed by atoms with Gasteiger partial charge in [-0.05, 0) is 83.1 Å². The van der Waals surface area contributed by atoms with E-state index in [1.165, 1.54) is 24.3 Å². The van der Waals surface area contributed by atoms with E-state index in [9.17, 15) is 0 Å². The van der Waals surface area contributed by atoms with Crippen molar-refractivity contribution < 1.29 is 39.9 Å². The average molecular weight is 1000 g/mol. The molecule has 0 spiro atoms. The van der Waals surface area contributed by atoms with Crippen molar-refractivity contribution in [2.45, 2.75) is 102 Å². The lowest BCUT2D eigenvalue weighted by Gasteiger charge is -2.36. The Labute approximate surface area is 429 Å². The highest BCUT2D eigenvalue weighted by Crippen LogP contribution is 2.55. The smallest absolute Gasteiger partial charge is 0.250 e. The van der Waals surface area contributed by atoms with Gasteiger partial charge in [-0.15, -0.1) is 0 Å². The molecule has 0 amide bonds. The summed E-state index contributed by atoms with van der Waals surface area (Å²) in [5.74, 6) is -13.8. The van der Waals surface area contributed by atoms with E-state index in [4.69, 9.17) is 4.74 Å². The highest BCUT2D eigenvalue weighted by atomic mass is 19.2. The molecule has 0 radical (unpaired) electrons. The van der Waals surface area contributed by atoms with Crippen molar-refractivity contribution in [2.24, 2.45) is 0 Å². The molecular formula is C63H56B2F8O. The Morgan fingerprint density at radius 3 is 0.784 bits per heavy atom. The third-order valence-electron chi connectivity index (χ3n) is 15.4. The highest BCUT2D eigenvalue weighted by molar-refractivity contribution is 6.97. The zero-order valence-electron chi connectivity index (χ0n) is 44.2. The van der Waals surface area contributed by atoms with E-state index in [0.29, 0.717) is 77.5 Å². The quantitative estimate of drug-likeness (QED) is 0.0837. The number of hydrogen-bond acceptors (Lipinski definition) is 1. The predicted molar refractivity (Wildman–Crippen MR) is 288 cm³/mol. The highest BCUT2D eigenvalue weighted by Gasteiger charge is 2.43. The zero-order chi connectivity index (χ0) is 53.9. The summed E-state index contributed by atoms with van der Waals surface area (Å²) >= 11 is 0. The second-order valence-electron chi connectivity index (χ2n) is 21.3. The topological polar surface area (TPSA) is 9.23 Å². The molecule has 1 heterocycles. The maximum Gasteiger partial charge on any atom is 0.250 e. The standard InChI is InChI=1S/C63H56B2F8O/c1-29-21-33(5)47(34(6)22-29)64(48-35(7)23-30(2)24-36(48)8)51-57(70)53(66)45(54(67)58(51)71)41-17-15-19-43-61(41)74-62-42(18-16-20-44(62)63(43,13)14)46-55(68)59(72)52(60(73)56(46)69)65(49-37(9)25-31(3)26-38(49)10)50-39(11)27-32(4)28-40(50)12/h15-28H,1-14H3. The molecule has 11 heteroatoms. The van der Waals surface area contributed by atoms with Crippen LogP contribution in [0.5, 0.6) is 11.5 Å². The molecule has 1 nitrogen and oxygen atoms in total. The van der Waals surface area contributed by atoms with Crippen LogP contribution in [0.3, 0.4) is 0 Å². The monoisotopic (exact) mass is 1000 g/mol. The first-order valence-electron chi connectivity index (χ1n) is 24.8. The summed E-state index contributed by atoms with van der Waals surface area (Å²) in [6.07, 6.45) is 0. The van der Waals surface area contributed by atoms with Crippen LogP contribution < -0.4 is 37.5 Å². The minimum atomic E-state index is -1.69. The van der Waals surface area contributed by atoms with Crippen LogP contribution >= 0.6 is 0 Å². The second kappa shape index (κ2) is 18.8. The fourth-order valence-electron chi connectivity index (χ4n) is 12.6. The van der Waals surface area contributed by atoms with Crippen LogP contribution in [0.2, 0.25) is 0 Å². The van der Waals surface area contributed by atoms with Crippen molar-refractivity contribution in [1.29, 1.82) is 0 Å². The lowest BCUT2D eigenvalue weighted by molar-refractivity contribution is 0.417. The first kappa shape index (κ1) is 52.0. The molecule has 0 fully saturated rings. The number of ether oxygens (including phenoxy) is 1. The molecule has 74 heavy (non-hydrogen) atoms. The van der Waals surface area contributed by atoms with E-state index >= 15 is 35.1 Å². The minimum absolute atomic E-state index is 0.275. The van der Waals surface area contributed by atoms with Crippen LogP contribution in [-0.2, 0) is 5.41 Å². The van der Waals surface area contributed by atoms with Gasteiger partial charge in [0.1, 0.15) is 11.5 Å². The molecule has 0 aliphatic carbocycles. The van der Waals surface area contributed by atoms with Gasteiger partial charge in [0.25, 0.3) is 13.4 Å². The van der Waals surface area contributed by atoms with Gasteiger partial charge < -0.3 is 4.74 Å². The summed E-state index contributed by atoms with van der Waals surface area (Å²) in [6, 6.07) is 23.5. The number of aryl methyl sites for hydroxylation is 12.